The van der Waals surface area contributed by atoms with Gasteiger partial charge in [-0.2, -0.15) is 0 Å². The summed E-state index contributed by atoms with van der Waals surface area (Å²) in [6.07, 6.45) is 1.39. The Hall–Kier alpha value is -3.35. The molecule has 37 heavy (non-hydrogen) atoms. The highest BCUT2D eigenvalue weighted by Crippen LogP contribution is 2.53. The number of allylic oxidation sites excluding steroid dienone is 2. The number of Topliss-reactive ketones (excluding diaryl/α,β-unsaturated/α-hetero) is 1. The molecule has 7 nitrogen and oxygen atoms in total. The van der Waals surface area contributed by atoms with Crippen molar-refractivity contribution < 1.29 is 28.6 Å². The molecule has 0 saturated carbocycles. The number of carbonyl (C=O) groups is 3. The Morgan fingerprint density at radius 1 is 1.08 bits per heavy atom. The largest absolute Gasteiger partial charge is 0.478 e. The van der Waals surface area contributed by atoms with Crippen LogP contribution in [0.2, 0.25) is 0 Å². The maximum Gasteiger partial charge on any atom is 0.335 e. The lowest BCUT2D eigenvalue weighted by Gasteiger charge is -2.46. The van der Waals surface area contributed by atoms with Crippen molar-refractivity contribution in [1.29, 1.82) is 0 Å². The molecule has 1 aliphatic carbocycles. The molecule has 0 saturated heterocycles. The zero-order valence-corrected chi connectivity index (χ0v) is 22.9. The number of amides is 1. The van der Waals surface area contributed by atoms with Crippen molar-refractivity contribution in [1.82, 2.24) is 4.90 Å². The molecule has 2 aliphatic heterocycles. The van der Waals surface area contributed by atoms with E-state index in [1.165, 1.54) is 0 Å². The number of furan rings is 1. The van der Waals surface area contributed by atoms with Crippen molar-refractivity contribution in [2.24, 2.45) is 10.8 Å². The number of aryl methyl sites for hydroxylation is 2. The van der Waals surface area contributed by atoms with Crippen LogP contribution in [-0.2, 0) is 14.3 Å². The van der Waals surface area contributed by atoms with Crippen LogP contribution in [0, 0.1) is 24.7 Å². The number of benzene rings is 1. The topological polar surface area (TPSA) is 97.0 Å². The smallest absolute Gasteiger partial charge is 0.335 e. The van der Waals surface area contributed by atoms with Crippen LogP contribution in [0.15, 0.2) is 39.2 Å². The van der Waals surface area contributed by atoms with Gasteiger partial charge in [-0.25, -0.2) is 4.79 Å². The number of carboxylic acid groups (broad SMARTS) is 1. The first-order valence-corrected chi connectivity index (χ1v) is 12.8. The van der Waals surface area contributed by atoms with Gasteiger partial charge in [-0.15, -0.1) is 0 Å². The summed E-state index contributed by atoms with van der Waals surface area (Å²) in [6, 6.07) is 3.32. The summed E-state index contributed by atoms with van der Waals surface area (Å²) in [4.78, 5) is 41.8. The number of hydrogen-bond donors (Lipinski definition) is 1. The first-order valence-electron chi connectivity index (χ1n) is 12.8. The van der Waals surface area contributed by atoms with E-state index in [1.807, 2.05) is 26.8 Å². The van der Waals surface area contributed by atoms with E-state index in [9.17, 15) is 19.5 Å². The predicted octanol–water partition coefficient (Wildman–Crippen LogP) is 6.04. The Labute approximate surface area is 217 Å². The molecule has 2 aromatic rings. The molecule has 1 amide bonds. The number of ether oxygens (including phenoxy) is 1. The van der Waals surface area contributed by atoms with Crippen molar-refractivity contribution in [3.05, 3.63) is 57.2 Å². The van der Waals surface area contributed by atoms with E-state index in [0.717, 1.165) is 0 Å². The van der Waals surface area contributed by atoms with Crippen molar-refractivity contribution >= 4 is 28.6 Å². The molecular weight excluding hydrogens is 470 g/mol. The van der Waals surface area contributed by atoms with Crippen LogP contribution in [0.3, 0.4) is 0 Å². The first-order chi connectivity index (χ1) is 17.1. The van der Waals surface area contributed by atoms with Crippen molar-refractivity contribution in [3.8, 4) is 0 Å². The fourth-order valence-electron chi connectivity index (χ4n) is 6.35. The minimum absolute atomic E-state index is 0.0786. The summed E-state index contributed by atoms with van der Waals surface area (Å²) < 4.78 is 12.6. The Balaban J connectivity index is 1.84. The minimum atomic E-state index is -1.06. The van der Waals surface area contributed by atoms with Gasteiger partial charge in [0.2, 0.25) is 0 Å². The molecular formula is C30H35NO6. The van der Waals surface area contributed by atoms with Crippen molar-refractivity contribution in [2.75, 3.05) is 7.05 Å². The second kappa shape index (κ2) is 8.07. The highest BCUT2D eigenvalue weighted by Gasteiger charge is 2.50. The van der Waals surface area contributed by atoms with Gasteiger partial charge in [0.05, 0.1) is 17.1 Å². The molecule has 0 spiro atoms. The van der Waals surface area contributed by atoms with Gasteiger partial charge < -0.3 is 19.2 Å². The number of hydrogen-bond acceptors (Lipinski definition) is 5. The maximum atomic E-state index is 14.0. The number of carbonyl (C=O) groups excluding carboxylic acids is 2. The molecule has 1 aromatic heterocycles. The molecule has 196 valence electrons. The number of nitrogens with zero attached hydrogens (tertiary/aromatic N) is 1. The Kier molecular flexibility index (Phi) is 5.52. The second-order valence-electron chi connectivity index (χ2n) is 12.7. The lowest BCUT2D eigenvalue weighted by atomic mass is 9.68. The average Bonchev–Trinajstić information content (AvgIpc) is 3.15. The molecule has 5 rings (SSSR count). The highest BCUT2D eigenvalue weighted by atomic mass is 16.5. The summed E-state index contributed by atoms with van der Waals surface area (Å²) in [5.74, 6) is -0.311. The molecule has 7 heteroatoms. The van der Waals surface area contributed by atoms with Gasteiger partial charge in [0.15, 0.2) is 5.78 Å². The number of fused-ring (bicyclic) bond motifs is 1. The fraction of sp³-hybridized carbons (Fsp3) is 0.500. The van der Waals surface area contributed by atoms with Crippen LogP contribution >= 0.6 is 0 Å². The average molecular weight is 506 g/mol. The molecule has 3 aliphatic rings. The Morgan fingerprint density at radius 3 is 2.38 bits per heavy atom. The first kappa shape index (κ1) is 25.3. The molecule has 0 fully saturated rings. The molecule has 0 unspecified atom stereocenters. The van der Waals surface area contributed by atoms with Gasteiger partial charge in [-0.1, -0.05) is 34.6 Å². The van der Waals surface area contributed by atoms with Crippen LogP contribution in [0.4, 0.5) is 0 Å². The van der Waals surface area contributed by atoms with Crippen molar-refractivity contribution in [2.45, 2.75) is 79.7 Å². The summed E-state index contributed by atoms with van der Waals surface area (Å²) >= 11 is 0. The molecule has 0 radical (unpaired) electrons. The van der Waals surface area contributed by atoms with Gasteiger partial charge >= 0.3 is 5.97 Å². The molecule has 0 bridgehead atoms. The highest BCUT2D eigenvalue weighted by molar-refractivity contribution is 6.07. The quantitative estimate of drug-likeness (QED) is 0.535. The van der Waals surface area contributed by atoms with E-state index in [0.29, 0.717) is 69.8 Å². The van der Waals surface area contributed by atoms with Gasteiger partial charge in [0, 0.05) is 48.9 Å². The van der Waals surface area contributed by atoms with Crippen LogP contribution < -0.4 is 0 Å². The molecule has 1 N–H and O–H groups in total. The standard InChI is InChI=1S/C30H35NO6/c1-14-9-16-15(2)17(28(34)35)10-18(26(16)36-14)23-24-19(32)12-30(6,7)13-21(24)37-20-11-22(29(3,4)5)31(8)27(33)25(20)23/h9-10,22-23H,11-13H2,1-8H3,(H,34,35)/t22-,23-/m0/s1. The van der Waals surface area contributed by atoms with Gasteiger partial charge in [-0.05, 0) is 42.4 Å². The van der Waals surface area contributed by atoms with Crippen LogP contribution in [0.5, 0.6) is 0 Å². The van der Waals surface area contributed by atoms with Crippen LogP contribution in [-0.4, -0.2) is 40.8 Å². The van der Waals surface area contributed by atoms with E-state index in [1.54, 1.807) is 24.9 Å². The lowest BCUT2D eigenvalue weighted by molar-refractivity contribution is -0.132. The van der Waals surface area contributed by atoms with Crippen LogP contribution in [0.1, 0.15) is 87.0 Å². The summed E-state index contributed by atoms with van der Waals surface area (Å²) in [5, 5.41) is 10.7. The minimum Gasteiger partial charge on any atom is -0.478 e. The SMILES string of the molecule is Cc1cc2c(C)c(C(=O)O)cc([C@H]3C4=C(CC(C)(C)CC4=O)OC4=C3C(=O)N(C)[C@H](C(C)(C)C)C4)c2o1. The van der Waals surface area contributed by atoms with Gasteiger partial charge in [0.25, 0.3) is 5.91 Å². The predicted molar refractivity (Wildman–Crippen MR) is 139 cm³/mol. The summed E-state index contributed by atoms with van der Waals surface area (Å²) in [6.45, 7) is 13.9. The van der Waals surface area contributed by atoms with E-state index >= 15 is 0 Å². The number of likely N-dealkylation sites (N-methyl/N-ethyl adjacent to an activating group) is 1. The van der Waals surface area contributed by atoms with Crippen molar-refractivity contribution in [3.63, 3.8) is 0 Å². The molecule has 1 aromatic carbocycles. The monoisotopic (exact) mass is 505 g/mol. The number of ketones is 1. The second-order valence-corrected chi connectivity index (χ2v) is 12.7. The number of carboxylic acids is 1. The normalized spacial score (nSPS) is 23.8. The van der Waals surface area contributed by atoms with E-state index in [-0.39, 0.29) is 34.1 Å². The van der Waals surface area contributed by atoms with E-state index < -0.39 is 11.9 Å². The fourth-order valence-corrected chi connectivity index (χ4v) is 6.35. The van der Waals surface area contributed by atoms with E-state index in [4.69, 9.17) is 9.15 Å². The lowest BCUT2D eigenvalue weighted by Crippen LogP contribution is -2.51. The van der Waals surface area contributed by atoms with E-state index in [2.05, 4.69) is 20.8 Å². The summed E-state index contributed by atoms with van der Waals surface area (Å²) in [7, 11) is 1.79. The zero-order valence-electron chi connectivity index (χ0n) is 22.9. The summed E-state index contributed by atoms with van der Waals surface area (Å²) in [5.41, 5.74) is 2.14. The Morgan fingerprint density at radius 2 is 1.76 bits per heavy atom. The maximum absolute atomic E-state index is 14.0. The Bertz CT molecular complexity index is 1440. The molecule has 2 atom stereocenters. The third kappa shape index (κ3) is 3.90. The van der Waals surface area contributed by atoms with Gasteiger partial charge in [-0.3, -0.25) is 9.59 Å². The number of aromatic carboxylic acids is 1. The third-order valence-corrected chi connectivity index (χ3v) is 8.17. The number of rotatable bonds is 2. The molecule has 3 heterocycles. The third-order valence-electron chi connectivity index (χ3n) is 8.17. The van der Waals surface area contributed by atoms with Gasteiger partial charge in [0.1, 0.15) is 22.9 Å². The zero-order chi connectivity index (χ0) is 27.2. The van der Waals surface area contributed by atoms with Crippen LogP contribution in [0.25, 0.3) is 11.0 Å².